The Balaban J connectivity index is 1.59. The van der Waals surface area contributed by atoms with Crippen molar-refractivity contribution in [3.05, 3.63) is 12.2 Å². The summed E-state index contributed by atoms with van der Waals surface area (Å²) in [6, 6.07) is 0. The zero-order chi connectivity index (χ0) is 9.64. The normalized spacial score (nSPS) is 15.0. The van der Waals surface area contributed by atoms with Gasteiger partial charge in [0.25, 0.3) is 0 Å². The number of aromatic amines is 1. The zero-order valence-electron chi connectivity index (χ0n) is 7.95. The summed E-state index contributed by atoms with van der Waals surface area (Å²) in [5.41, 5.74) is 0. The van der Waals surface area contributed by atoms with Crippen LogP contribution in [-0.4, -0.2) is 40.8 Å². The van der Waals surface area contributed by atoms with Crippen LogP contribution in [0.15, 0.2) is 11.3 Å². The number of hydrogen-bond acceptors (Lipinski definition) is 5. The third-order valence-corrected chi connectivity index (χ3v) is 2.02. The third-order valence-electron chi connectivity index (χ3n) is 2.02. The van der Waals surface area contributed by atoms with E-state index in [0.717, 1.165) is 44.3 Å². The Morgan fingerprint density at radius 3 is 3.21 bits per heavy atom. The number of aryl methyl sites for hydroxylation is 1. The lowest BCUT2D eigenvalue weighted by atomic mass is 10.3. The molecule has 1 aromatic rings. The molecule has 1 aromatic heterocycles. The zero-order valence-corrected chi connectivity index (χ0v) is 7.95. The average Bonchev–Trinajstić information content (AvgIpc) is 2.86. The van der Waals surface area contributed by atoms with Crippen molar-refractivity contribution < 1.29 is 0 Å². The van der Waals surface area contributed by atoms with Crippen molar-refractivity contribution in [2.45, 2.75) is 12.8 Å². The van der Waals surface area contributed by atoms with Gasteiger partial charge in [0, 0.05) is 19.5 Å². The fourth-order valence-electron chi connectivity index (χ4n) is 1.33. The minimum atomic E-state index is 0.879. The van der Waals surface area contributed by atoms with E-state index in [2.05, 4.69) is 30.8 Å². The van der Waals surface area contributed by atoms with Gasteiger partial charge in [0.05, 0.1) is 6.54 Å². The van der Waals surface area contributed by atoms with E-state index in [4.69, 9.17) is 0 Å². The predicted octanol–water partition coefficient (Wildman–Crippen LogP) is -0.714. The van der Waals surface area contributed by atoms with Gasteiger partial charge in [-0.15, -0.1) is 0 Å². The van der Waals surface area contributed by atoms with Crippen LogP contribution in [0.25, 0.3) is 0 Å². The SMILES string of the molecule is c1n[nH]c(CCCNC2=NCCN2)n1. The van der Waals surface area contributed by atoms with Gasteiger partial charge in [-0.1, -0.05) is 0 Å². The van der Waals surface area contributed by atoms with Crippen LogP contribution in [0.4, 0.5) is 0 Å². The van der Waals surface area contributed by atoms with E-state index in [1.165, 1.54) is 6.33 Å². The second-order valence-corrected chi connectivity index (χ2v) is 3.12. The monoisotopic (exact) mass is 194 g/mol. The molecule has 0 bridgehead atoms. The second-order valence-electron chi connectivity index (χ2n) is 3.12. The van der Waals surface area contributed by atoms with E-state index in [0.29, 0.717) is 0 Å². The quantitative estimate of drug-likeness (QED) is 0.553. The molecule has 2 rings (SSSR count). The molecule has 2 heterocycles. The molecule has 0 aliphatic carbocycles. The van der Waals surface area contributed by atoms with Gasteiger partial charge in [-0.25, -0.2) is 4.98 Å². The summed E-state index contributed by atoms with van der Waals surface area (Å²) in [6.07, 6.45) is 3.47. The number of hydrogen-bond donors (Lipinski definition) is 3. The Morgan fingerprint density at radius 2 is 2.50 bits per heavy atom. The molecule has 0 radical (unpaired) electrons. The van der Waals surface area contributed by atoms with Crippen LogP contribution in [0.3, 0.4) is 0 Å². The van der Waals surface area contributed by atoms with Gasteiger partial charge in [-0.05, 0) is 6.42 Å². The molecule has 1 aliphatic rings. The molecule has 3 N–H and O–H groups in total. The van der Waals surface area contributed by atoms with E-state index < -0.39 is 0 Å². The van der Waals surface area contributed by atoms with E-state index in [1.807, 2.05) is 0 Å². The van der Waals surface area contributed by atoms with Crippen LogP contribution in [0.2, 0.25) is 0 Å². The van der Waals surface area contributed by atoms with Gasteiger partial charge in [0.1, 0.15) is 12.2 Å². The summed E-state index contributed by atoms with van der Waals surface area (Å²) in [4.78, 5) is 8.27. The molecule has 0 saturated carbocycles. The number of H-pyrrole nitrogens is 1. The molecule has 0 saturated heterocycles. The molecule has 6 nitrogen and oxygen atoms in total. The van der Waals surface area contributed by atoms with E-state index in [1.54, 1.807) is 0 Å². The molecule has 0 aromatic carbocycles. The van der Waals surface area contributed by atoms with Crippen molar-refractivity contribution in [1.82, 2.24) is 25.8 Å². The first-order valence-electron chi connectivity index (χ1n) is 4.81. The Bertz CT molecular complexity index is 291. The smallest absolute Gasteiger partial charge is 0.191 e. The maximum atomic E-state index is 4.23. The molecular formula is C8H14N6. The van der Waals surface area contributed by atoms with Crippen LogP contribution >= 0.6 is 0 Å². The van der Waals surface area contributed by atoms with E-state index in [9.17, 15) is 0 Å². The van der Waals surface area contributed by atoms with Crippen molar-refractivity contribution in [2.24, 2.45) is 4.99 Å². The lowest BCUT2D eigenvalue weighted by molar-refractivity contribution is 0.734. The van der Waals surface area contributed by atoms with Crippen molar-refractivity contribution >= 4 is 5.96 Å². The molecule has 14 heavy (non-hydrogen) atoms. The number of nitrogens with one attached hydrogen (secondary N) is 3. The number of aromatic nitrogens is 3. The van der Waals surface area contributed by atoms with Crippen molar-refractivity contribution in [3.63, 3.8) is 0 Å². The fraction of sp³-hybridized carbons (Fsp3) is 0.625. The molecule has 76 valence electrons. The summed E-state index contributed by atoms with van der Waals surface area (Å²) in [7, 11) is 0. The van der Waals surface area contributed by atoms with Crippen LogP contribution in [0.5, 0.6) is 0 Å². The fourth-order valence-corrected chi connectivity index (χ4v) is 1.33. The summed E-state index contributed by atoms with van der Waals surface area (Å²) >= 11 is 0. The van der Waals surface area contributed by atoms with Gasteiger partial charge >= 0.3 is 0 Å². The molecular weight excluding hydrogens is 180 g/mol. The molecule has 0 unspecified atom stereocenters. The van der Waals surface area contributed by atoms with Crippen molar-refractivity contribution in [3.8, 4) is 0 Å². The number of aliphatic imine (C=N–C) groups is 1. The first-order chi connectivity index (χ1) is 6.95. The van der Waals surface area contributed by atoms with E-state index in [-0.39, 0.29) is 0 Å². The van der Waals surface area contributed by atoms with Crippen molar-refractivity contribution in [2.75, 3.05) is 19.6 Å². The van der Waals surface area contributed by atoms with Gasteiger partial charge in [-0.3, -0.25) is 10.1 Å². The van der Waals surface area contributed by atoms with Gasteiger partial charge in [0.2, 0.25) is 0 Å². The van der Waals surface area contributed by atoms with Gasteiger partial charge < -0.3 is 10.6 Å². The Morgan fingerprint density at radius 1 is 1.50 bits per heavy atom. The third kappa shape index (κ3) is 2.45. The molecule has 1 aliphatic heterocycles. The van der Waals surface area contributed by atoms with Crippen LogP contribution in [0.1, 0.15) is 12.2 Å². The summed E-state index contributed by atoms with van der Waals surface area (Å²) in [5.74, 6) is 1.86. The van der Waals surface area contributed by atoms with Gasteiger partial charge in [0.15, 0.2) is 5.96 Å². The second kappa shape index (κ2) is 4.59. The minimum Gasteiger partial charge on any atom is -0.356 e. The minimum absolute atomic E-state index is 0.879. The molecule has 0 atom stereocenters. The topological polar surface area (TPSA) is 78.0 Å². The van der Waals surface area contributed by atoms with Crippen molar-refractivity contribution in [1.29, 1.82) is 0 Å². The maximum Gasteiger partial charge on any atom is 0.191 e. The number of nitrogens with zero attached hydrogens (tertiary/aromatic N) is 3. The van der Waals surface area contributed by atoms with Gasteiger partial charge in [-0.2, -0.15) is 5.10 Å². The Hall–Kier alpha value is -1.59. The molecule has 0 fully saturated rings. The Labute approximate surface area is 82.2 Å². The standard InChI is InChI=1S/C8H14N6/c1(2-7-12-6-13-14-7)3-9-8-10-4-5-11-8/h6H,1-5H2,(H2,9,10,11)(H,12,13,14). The van der Waals surface area contributed by atoms with E-state index >= 15 is 0 Å². The summed E-state index contributed by atoms with van der Waals surface area (Å²) < 4.78 is 0. The van der Waals surface area contributed by atoms with Crippen LogP contribution in [-0.2, 0) is 6.42 Å². The largest absolute Gasteiger partial charge is 0.356 e. The van der Waals surface area contributed by atoms with Crippen LogP contribution < -0.4 is 10.6 Å². The summed E-state index contributed by atoms with van der Waals surface area (Å²) in [6.45, 7) is 2.74. The highest BCUT2D eigenvalue weighted by Crippen LogP contribution is 1.91. The predicted molar refractivity (Wildman–Crippen MR) is 53.0 cm³/mol. The lowest BCUT2D eigenvalue weighted by Crippen LogP contribution is -2.34. The number of rotatable bonds is 4. The maximum absolute atomic E-state index is 4.23. The first-order valence-corrected chi connectivity index (χ1v) is 4.81. The molecule has 0 amide bonds. The molecule has 0 spiro atoms. The highest BCUT2D eigenvalue weighted by molar-refractivity contribution is 5.81. The lowest BCUT2D eigenvalue weighted by Gasteiger charge is -2.04. The van der Waals surface area contributed by atoms with Crippen LogP contribution in [0, 0.1) is 0 Å². The Kier molecular flexibility index (Phi) is 2.95. The highest BCUT2D eigenvalue weighted by atomic mass is 15.2. The number of guanidine groups is 1. The highest BCUT2D eigenvalue weighted by Gasteiger charge is 2.02. The summed E-state index contributed by atoms with van der Waals surface area (Å²) in [5, 5.41) is 13.0. The first kappa shape index (κ1) is 8.98. The molecule has 6 heteroatoms. The average molecular weight is 194 g/mol.